The molecule has 10 heteroatoms. The molecule has 0 aliphatic carbocycles. The lowest BCUT2D eigenvalue weighted by molar-refractivity contribution is 0.321. The number of hydrogen-bond acceptors (Lipinski definition) is 4. The van der Waals surface area contributed by atoms with Crippen LogP contribution in [0, 0.1) is 5.82 Å². The minimum Gasteiger partial charge on any atom is -0.491 e. The summed E-state index contributed by atoms with van der Waals surface area (Å²) in [6.45, 7) is 2.00. The molecule has 176 valence electrons. The Morgan fingerprint density at radius 3 is 2.50 bits per heavy atom. The van der Waals surface area contributed by atoms with Crippen LogP contribution in [0.25, 0.3) is 16.9 Å². The third-order valence-corrected chi connectivity index (χ3v) is 7.07. The van der Waals surface area contributed by atoms with Crippen molar-refractivity contribution in [1.29, 1.82) is 0 Å². The Hall–Kier alpha value is -2.91. The third-order valence-electron chi connectivity index (χ3n) is 4.95. The van der Waals surface area contributed by atoms with Gasteiger partial charge < -0.3 is 4.74 Å². The molecule has 0 saturated heterocycles. The van der Waals surface area contributed by atoms with Crippen molar-refractivity contribution in [2.24, 2.45) is 0 Å². The smallest absolute Gasteiger partial charge is 0.242 e. The van der Waals surface area contributed by atoms with E-state index >= 15 is 0 Å². The number of para-hydroxylation sites is 1. The number of aromatic nitrogens is 2. The van der Waals surface area contributed by atoms with Gasteiger partial charge >= 0.3 is 0 Å². The molecule has 0 saturated carbocycles. The molecule has 0 fully saturated rings. The van der Waals surface area contributed by atoms with Crippen LogP contribution in [0.3, 0.4) is 0 Å². The molecule has 0 aliphatic rings. The average Bonchev–Trinajstić information content (AvgIpc) is 3.24. The van der Waals surface area contributed by atoms with Crippen LogP contribution in [0.2, 0.25) is 10.0 Å². The number of ether oxygens (including phenoxy) is 1. The molecular weight excluding hydrogens is 500 g/mol. The minimum atomic E-state index is -3.95. The summed E-state index contributed by atoms with van der Waals surface area (Å²) in [4.78, 5) is -0.0947. The van der Waals surface area contributed by atoms with Crippen molar-refractivity contribution in [2.75, 3.05) is 6.61 Å². The van der Waals surface area contributed by atoms with Crippen LogP contribution >= 0.6 is 23.2 Å². The molecule has 0 atom stereocenters. The van der Waals surface area contributed by atoms with E-state index in [0.29, 0.717) is 28.5 Å². The SMILES string of the molecule is CCOc1ccc(-c2nn(-c3ccccc3)cc2CNS(=O)(=O)c2ccc(Cl)cc2Cl)cc1F. The van der Waals surface area contributed by atoms with Crippen molar-refractivity contribution < 1.29 is 17.5 Å². The topological polar surface area (TPSA) is 73.2 Å². The van der Waals surface area contributed by atoms with E-state index in [1.807, 2.05) is 30.3 Å². The highest BCUT2D eigenvalue weighted by Crippen LogP contribution is 2.29. The van der Waals surface area contributed by atoms with Crippen molar-refractivity contribution in [3.63, 3.8) is 0 Å². The zero-order valence-electron chi connectivity index (χ0n) is 18.0. The first-order valence-electron chi connectivity index (χ1n) is 10.3. The Labute approximate surface area is 207 Å². The lowest BCUT2D eigenvalue weighted by Gasteiger charge is -2.09. The fourth-order valence-electron chi connectivity index (χ4n) is 3.36. The molecule has 6 nitrogen and oxygen atoms in total. The number of nitrogens with one attached hydrogen (secondary N) is 1. The van der Waals surface area contributed by atoms with Crippen molar-refractivity contribution in [1.82, 2.24) is 14.5 Å². The monoisotopic (exact) mass is 519 g/mol. The second-order valence-corrected chi connectivity index (χ2v) is 9.84. The fraction of sp³-hybridized carbons (Fsp3) is 0.125. The van der Waals surface area contributed by atoms with E-state index in [9.17, 15) is 12.8 Å². The van der Waals surface area contributed by atoms with E-state index in [2.05, 4.69) is 9.82 Å². The second kappa shape index (κ2) is 10.1. The van der Waals surface area contributed by atoms with Crippen LogP contribution in [0.1, 0.15) is 12.5 Å². The summed E-state index contributed by atoms with van der Waals surface area (Å²) >= 11 is 12.0. The van der Waals surface area contributed by atoms with Gasteiger partial charge in [-0.25, -0.2) is 22.2 Å². The van der Waals surface area contributed by atoms with E-state index in [1.54, 1.807) is 23.9 Å². The van der Waals surface area contributed by atoms with Gasteiger partial charge in [0.2, 0.25) is 10.0 Å². The van der Waals surface area contributed by atoms with Crippen molar-refractivity contribution >= 4 is 33.2 Å². The number of benzene rings is 3. The molecule has 0 bridgehead atoms. The Bertz CT molecular complexity index is 1430. The zero-order valence-corrected chi connectivity index (χ0v) is 20.3. The summed E-state index contributed by atoms with van der Waals surface area (Å²) in [6, 6.07) is 18.0. The van der Waals surface area contributed by atoms with Crippen LogP contribution in [-0.2, 0) is 16.6 Å². The van der Waals surface area contributed by atoms with Gasteiger partial charge in [0.05, 0.1) is 23.0 Å². The van der Waals surface area contributed by atoms with Gasteiger partial charge in [0.25, 0.3) is 0 Å². The van der Waals surface area contributed by atoms with E-state index in [-0.39, 0.29) is 22.2 Å². The normalized spacial score (nSPS) is 11.5. The highest BCUT2D eigenvalue weighted by molar-refractivity contribution is 7.89. The van der Waals surface area contributed by atoms with Gasteiger partial charge in [0.1, 0.15) is 4.90 Å². The zero-order chi connectivity index (χ0) is 24.3. The van der Waals surface area contributed by atoms with Gasteiger partial charge in [-0.15, -0.1) is 0 Å². The molecule has 3 aromatic carbocycles. The van der Waals surface area contributed by atoms with E-state index < -0.39 is 15.8 Å². The largest absolute Gasteiger partial charge is 0.491 e. The standard InChI is InChI=1S/C24H20Cl2FN3O3S/c1-2-33-22-10-8-16(12-21(22)27)24-17(15-30(29-24)19-6-4-3-5-7-19)14-28-34(31,32)23-11-9-18(25)13-20(23)26/h3-13,15,28H,2,14H2,1H3. The van der Waals surface area contributed by atoms with Crippen molar-refractivity contribution in [2.45, 2.75) is 18.4 Å². The maximum Gasteiger partial charge on any atom is 0.242 e. The van der Waals surface area contributed by atoms with Crippen molar-refractivity contribution in [3.8, 4) is 22.7 Å². The summed E-state index contributed by atoms with van der Waals surface area (Å²) in [7, 11) is -3.95. The van der Waals surface area contributed by atoms with Crippen LogP contribution in [-0.4, -0.2) is 24.8 Å². The number of halogens is 3. The van der Waals surface area contributed by atoms with Crippen LogP contribution < -0.4 is 9.46 Å². The first kappa shape index (κ1) is 24.2. The lowest BCUT2D eigenvalue weighted by atomic mass is 10.1. The Balaban J connectivity index is 1.71. The quantitative estimate of drug-likeness (QED) is 0.316. The van der Waals surface area contributed by atoms with Crippen LogP contribution in [0.4, 0.5) is 4.39 Å². The average molecular weight is 520 g/mol. The number of nitrogens with zero attached hydrogens (tertiary/aromatic N) is 2. The molecule has 1 N–H and O–H groups in total. The molecule has 0 spiro atoms. The molecule has 0 amide bonds. The number of sulfonamides is 1. The molecule has 1 aromatic heterocycles. The highest BCUT2D eigenvalue weighted by atomic mass is 35.5. The molecular formula is C24H20Cl2FN3O3S. The molecule has 4 aromatic rings. The van der Waals surface area contributed by atoms with Gasteiger partial charge in [0, 0.05) is 28.9 Å². The fourth-order valence-corrected chi connectivity index (χ4v) is 5.14. The summed E-state index contributed by atoms with van der Waals surface area (Å²) in [5, 5.41) is 4.94. The van der Waals surface area contributed by atoms with Gasteiger partial charge in [-0.3, -0.25) is 0 Å². The summed E-state index contributed by atoms with van der Waals surface area (Å²) in [5.41, 5.74) is 2.22. The summed E-state index contributed by atoms with van der Waals surface area (Å²) < 4.78 is 49.8. The van der Waals surface area contributed by atoms with Gasteiger partial charge in [-0.05, 0) is 55.5 Å². The molecule has 4 rings (SSSR count). The van der Waals surface area contributed by atoms with E-state index in [1.165, 1.54) is 30.3 Å². The predicted molar refractivity (Wildman–Crippen MR) is 131 cm³/mol. The molecule has 1 heterocycles. The highest BCUT2D eigenvalue weighted by Gasteiger charge is 2.21. The lowest BCUT2D eigenvalue weighted by Crippen LogP contribution is -2.23. The third kappa shape index (κ3) is 5.26. The first-order chi connectivity index (χ1) is 16.3. The molecule has 0 aliphatic heterocycles. The summed E-state index contributed by atoms with van der Waals surface area (Å²) in [6.07, 6.45) is 1.70. The van der Waals surface area contributed by atoms with Crippen molar-refractivity contribution in [3.05, 3.63) is 94.4 Å². The molecule has 0 unspecified atom stereocenters. The number of rotatable bonds is 8. The predicted octanol–water partition coefficient (Wildman–Crippen LogP) is 5.86. The van der Waals surface area contributed by atoms with Gasteiger partial charge in [-0.1, -0.05) is 41.4 Å². The van der Waals surface area contributed by atoms with Crippen LogP contribution in [0.5, 0.6) is 5.75 Å². The van der Waals surface area contributed by atoms with E-state index in [0.717, 1.165) is 5.69 Å². The number of hydrogen-bond donors (Lipinski definition) is 1. The Morgan fingerprint density at radius 2 is 1.82 bits per heavy atom. The van der Waals surface area contributed by atoms with Gasteiger partial charge in [0.15, 0.2) is 11.6 Å². The second-order valence-electron chi connectivity index (χ2n) is 7.26. The summed E-state index contributed by atoms with van der Waals surface area (Å²) in [5.74, 6) is -0.401. The minimum absolute atomic E-state index is 0.00814. The Morgan fingerprint density at radius 1 is 1.06 bits per heavy atom. The maximum atomic E-state index is 14.6. The van der Waals surface area contributed by atoms with E-state index in [4.69, 9.17) is 27.9 Å². The Kier molecular flexibility index (Phi) is 7.23. The molecule has 0 radical (unpaired) electrons. The molecule has 34 heavy (non-hydrogen) atoms. The first-order valence-corrected chi connectivity index (χ1v) is 12.5. The maximum absolute atomic E-state index is 14.6. The van der Waals surface area contributed by atoms with Gasteiger partial charge in [-0.2, -0.15) is 5.10 Å². The van der Waals surface area contributed by atoms with Crippen LogP contribution in [0.15, 0.2) is 77.8 Å².